The molecule has 1 N–H and O–H groups in total. The first kappa shape index (κ1) is 14.2. The standard InChI is InChI=1S/C14H26F2N2/c1-11(2)12-8-17-14(6-4-3-5-7-14)10-18(12)9-13(15)16/h11-13,17H,3-10H2,1-2H3. The van der Waals surface area contributed by atoms with Gasteiger partial charge in [0, 0.05) is 24.7 Å². The van der Waals surface area contributed by atoms with Gasteiger partial charge in [0.15, 0.2) is 0 Å². The number of nitrogens with zero attached hydrogens (tertiary/aromatic N) is 1. The number of hydrogen-bond acceptors (Lipinski definition) is 2. The van der Waals surface area contributed by atoms with Crippen molar-refractivity contribution in [2.45, 2.75) is 64.0 Å². The summed E-state index contributed by atoms with van der Waals surface area (Å²) in [6.07, 6.45) is 3.86. The molecule has 2 fully saturated rings. The zero-order valence-electron chi connectivity index (χ0n) is 11.6. The lowest BCUT2D eigenvalue weighted by atomic mass is 9.78. The summed E-state index contributed by atoms with van der Waals surface area (Å²) in [6.45, 7) is 5.87. The van der Waals surface area contributed by atoms with Gasteiger partial charge in [-0.05, 0) is 18.8 Å². The van der Waals surface area contributed by atoms with Crippen LogP contribution in [0, 0.1) is 5.92 Å². The summed E-state index contributed by atoms with van der Waals surface area (Å²) < 4.78 is 25.5. The smallest absolute Gasteiger partial charge is 0.251 e. The average Bonchev–Trinajstić information content (AvgIpc) is 2.28. The highest BCUT2D eigenvalue weighted by atomic mass is 19.3. The summed E-state index contributed by atoms with van der Waals surface area (Å²) in [4.78, 5) is 2.04. The minimum absolute atomic E-state index is 0.0632. The first-order valence-corrected chi connectivity index (χ1v) is 7.30. The summed E-state index contributed by atoms with van der Waals surface area (Å²) in [5, 5.41) is 3.68. The van der Waals surface area contributed by atoms with Gasteiger partial charge >= 0.3 is 0 Å². The molecule has 0 aromatic rings. The minimum Gasteiger partial charge on any atom is -0.308 e. The van der Waals surface area contributed by atoms with Gasteiger partial charge in [-0.1, -0.05) is 33.1 Å². The first-order valence-electron chi connectivity index (χ1n) is 7.30. The van der Waals surface area contributed by atoms with Gasteiger partial charge in [-0.3, -0.25) is 4.90 Å². The van der Waals surface area contributed by atoms with Crippen LogP contribution in [0.5, 0.6) is 0 Å². The summed E-state index contributed by atoms with van der Waals surface area (Å²) in [5.41, 5.74) is 0.124. The van der Waals surface area contributed by atoms with Crippen molar-refractivity contribution in [3.63, 3.8) is 0 Å². The van der Waals surface area contributed by atoms with E-state index >= 15 is 0 Å². The van der Waals surface area contributed by atoms with E-state index in [-0.39, 0.29) is 18.1 Å². The Morgan fingerprint density at radius 2 is 1.89 bits per heavy atom. The molecule has 18 heavy (non-hydrogen) atoms. The molecule has 4 heteroatoms. The Kier molecular flexibility index (Phi) is 4.59. The van der Waals surface area contributed by atoms with Crippen LogP contribution in [0.25, 0.3) is 0 Å². The van der Waals surface area contributed by atoms with E-state index in [0.717, 1.165) is 25.9 Å². The van der Waals surface area contributed by atoms with Crippen LogP contribution in [0.4, 0.5) is 8.78 Å². The second-order valence-corrected chi connectivity index (χ2v) is 6.35. The molecule has 0 amide bonds. The highest BCUT2D eigenvalue weighted by Crippen LogP contribution is 2.33. The van der Waals surface area contributed by atoms with Crippen LogP contribution in [0.2, 0.25) is 0 Å². The molecule has 1 saturated heterocycles. The van der Waals surface area contributed by atoms with Crippen molar-refractivity contribution in [2.75, 3.05) is 19.6 Å². The number of hydrogen-bond donors (Lipinski definition) is 1. The van der Waals surface area contributed by atoms with Crippen molar-refractivity contribution in [3.05, 3.63) is 0 Å². The van der Waals surface area contributed by atoms with Crippen molar-refractivity contribution < 1.29 is 8.78 Å². The first-order chi connectivity index (χ1) is 8.52. The van der Waals surface area contributed by atoms with E-state index in [9.17, 15) is 8.78 Å². The summed E-state index contributed by atoms with van der Waals surface area (Å²) in [6, 6.07) is 0.256. The molecule has 0 aromatic carbocycles. The second kappa shape index (κ2) is 5.83. The SMILES string of the molecule is CC(C)C1CNC2(CCCCC2)CN1CC(F)F. The minimum atomic E-state index is -2.22. The van der Waals surface area contributed by atoms with Crippen molar-refractivity contribution in [3.8, 4) is 0 Å². The summed E-state index contributed by atoms with van der Waals surface area (Å²) in [7, 11) is 0. The molecule has 1 aliphatic heterocycles. The van der Waals surface area contributed by atoms with Crippen LogP contribution in [-0.4, -0.2) is 42.5 Å². The highest BCUT2D eigenvalue weighted by Gasteiger charge is 2.41. The molecule has 1 heterocycles. The Balaban J connectivity index is 2.04. The summed E-state index contributed by atoms with van der Waals surface area (Å²) in [5.74, 6) is 0.428. The van der Waals surface area contributed by atoms with Crippen molar-refractivity contribution >= 4 is 0 Å². The number of rotatable bonds is 3. The maximum Gasteiger partial charge on any atom is 0.251 e. The Hall–Kier alpha value is -0.220. The average molecular weight is 260 g/mol. The Bertz CT molecular complexity index is 263. The topological polar surface area (TPSA) is 15.3 Å². The number of nitrogens with one attached hydrogen (secondary N) is 1. The molecule has 106 valence electrons. The molecule has 0 radical (unpaired) electrons. The monoisotopic (exact) mass is 260 g/mol. The van der Waals surface area contributed by atoms with Gasteiger partial charge in [0.1, 0.15) is 0 Å². The maximum atomic E-state index is 12.7. The van der Waals surface area contributed by atoms with Gasteiger partial charge in [0.2, 0.25) is 0 Å². The van der Waals surface area contributed by atoms with E-state index in [4.69, 9.17) is 0 Å². The van der Waals surface area contributed by atoms with Gasteiger partial charge in [0.25, 0.3) is 6.43 Å². The molecular formula is C14H26F2N2. The fourth-order valence-electron chi connectivity index (χ4n) is 3.61. The highest BCUT2D eigenvalue weighted by molar-refractivity contribution is 5.00. The van der Waals surface area contributed by atoms with Gasteiger partial charge in [-0.25, -0.2) is 8.78 Å². The lowest BCUT2D eigenvalue weighted by molar-refractivity contribution is -0.00452. The quantitative estimate of drug-likeness (QED) is 0.839. The fraction of sp³-hybridized carbons (Fsp3) is 1.00. The fourth-order valence-corrected chi connectivity index (χ4v) is 3.61. The predicted molar refractivity (Wildman–Crippen MR) is 70.0 cm³/mol. The lowest BCUT2D eigenvalue weighted by Gasteiger charge is -2.50. The number of alkyl halides is 2. The molecule has 1 atom stereocenters. The molecule has 1 spiro atoms. The van der Waals surface area contributed by atoms with Crippen LogP contribution < -0.4 is 5.32 Å². The van der Waals surface area contributed by atoms with Crippen LogP contribution in [0.3, 0.4) is 0 Å². The Morgan fingerprint density at radius 1 is 1.22 bits per heavy atom. The van der Waals surface area contributed by atoms with Crippen molar-refractivity contribution in [2.24, 2.45) is 5.92 Å². The lowest BCUT2D eigenvalue weighted by Crippen LogP contribution is -2.66. The largest absolute Gasteiger partial charge is 0.308 e. The molecule has 0 aromatic heterocycles. The maximum absolute atomic E-state index is 12.7. The third-order valence-electron chi connectivity index (χ3n) is 4.61. The second-order valence-electron chi connectivity index (χ2n) is 6.35. The Labute approximate surface area is 109 Å². The number of piperazine rings is 1. The molecule has 0 bridgehead atoms. The van der Waals surface area contributed by atoms with Crippen molar-refractivity contribution in [1.82, 2.24) is 10.2 Å². The van der Waals surface area contributed by atoms with Crippen molar-refractivity contribution in [1.29, 1.82) is 0 Å². The summed E-state index contributed by atoms with van der Waals surface area (Å²) >= 11 is 0. The van der Waals surface area contributed by atoms with Crippen LogP contribution in [-0.2, 0) is 0 Å². The molecule has 1 saturated carbocycles. The van der Waals surface area contributed by atoms with E-state index in [1.54, 1.807) is 0 Å². The third kappa shape index (κ3) is 3.21. The molecular weight excluding hydrogens is 234 g/mol. The third-order valence-corrected chi connectivity index (χ3v) is 4.61. The van der Waals surface area contributed by atoms with E-state index in [0.29, 0.717) is 5.92 Å². The zero-order valence-corrected chi connectivity index (χ0v) is 11.6. The van der Waals surface area contributed by atoms with Crippen LogP contribution >= 0.6 is 0 Å². The van der Waals surface area contributed by atoms with Gasteiger partial charge in [-0.15, -0.1) is 0 Å². The van der Waals surface area contributed by atoms with E-state index in [1.165, 1.54) is 19.3 Å². The molecule has 1 unspecified atom stereocenters. The molecule has 2 nitrogen and oxygen atoms in total. The predicted octanol–water partition coefficient (Wildman–Crippen LogP) is 2.88. The number of halogens is 2. The van der Waals surface area contributed by atoms with Gasteiger partial charge in [0.05, 0.1) is 6.54 Å². The normalized spacial score (nSPS) is 29.3. The Morgan fingerprint density at radius 3 is 2.44 bits per heavy atom. The molecule has 2 rings (SSSR count). The molecule has 2 aliphatic rings. The van der Waals surface area contributed by atoms with E-state index in [1.807, 2.05) is 4.90 Å². The van der Waals surface area contributed by atoms with Crippen LogP contribution in [0.15, 0.2) is 0 Å². The van der Waals surface area contributed by atoms with Gasteiger partial charge in [-0.2, -0.15) is 0 Å². The van der Waals surface area contributed by atoms with Gasteiger partial charge < -0.3 is 5.32 Å². The van der Waals surface area contributed by atoms with E-state index < -0.39 is 6.43 Å². The molecule has 1 aliphatic carbocycles. The van der Waals surface area contributed by atoms with E-state index in [2.05, 4.69) is 19.2 Å². The van der Waals surface area contributed by atoms with Crippen LogP contribution in [0.1, 0.15) is 46.0 Å². The zero-order chi connectivity index (χ0) is 13.2.